The van der Waals surface area contributed by atoms with Gasteiger partial charge in [0.1, 0.15) is 17.9 Å². The van der Waals surface area contributed by atoms with Gasteiger partial charge in [-0.1, -0.05) is 6.42 Å². The number of carbonyl (C=O) groups is 3. The topological polar surface area (TPSA) is 79.0 Å². The summed E-state index contributed by atoms with van der Waals surface area (Å²) >= 11 is 0. The first-order valence-corrected chi connectivity index (χ1v) is 12.7. The number of piperidine rings is 2. The van der Waals surface area contributed by atoms with Gasteiger partial charge in [0, 0.05) is 31.1 Å². The van der Waals surface area contributed by atoms with Crippen LogP contribution in [0.15, 0.2) is 18.2 Å². The lowest BCUT2D eigenvalue weighted by Gasteiger charge is -2.51. The van der Waals surface area contributed by atoms with Gasteiger partial charge in [0.25, 0.3) is 5.91 Å². The zero-order valence-electron chi connectivity index (χ0n) is 19.2. The van der Waals surface area contributed by atoms with Crippen molar-refractivity contribution in [3.8, 4) is 5.75 Å². The molecule has 0 aromatic heterocycles. The molecule has 1 aromatic rings. The van der Waals surface area contributed by atoms with E-state index >= 15 is 0 Å². The summed E-state index contributed by atoms with van der Waals surface area (Å²) in [7, 11) is 0. The fraction of sp³-hybridized carbons (Fsp3) is 0.654. The lowest BCUT2D eigenvalue weighted by atomic mass is 9.64. The van der Waals surface area contributed by atoms with Crippen molar-refractivity contribution in [2.24, 2.45) is 5.41 Å². The zero-order chi connectivity index (χ0) is 22.6. The summed E-state index contributed by atoms with van der Waals surface area (Å²) in [5.74, 6) is 0.0467. The minimum absolute atomic E-state index is 0.135. The quantitative estimate of drug-likeness (QED) is 0.712. The van der Waals surface area contributed by atoms with E-state index in [0.29, 0.717) is 30.0 Å². The summed E-state index contributed by atoms with van der Waals surface area (Å²) in [6.07, 6.45) is 11.2. The largest absolute Gasteiger partial charge is 0.489 e. The molecule has 0 radical (unpaired) electrons. The SMILES string of the molecule is O=C1CCC(N2Cc3cc(O[C@H]4CCC[C@@H]4N4CCCC5(CCC5)C4)ccc3C2=O)C(=O)N1. The lowest BCUT2D eigenvalue weighted by Crippen LogP contribution is -2.53. The molecule has 1 N–H and O–H groups in total. The fourth-order valence-electron chi connectivity index (χ4n) is 6.87. The van der Waals surface area contributed by atoms with Crippen LogP contribution in [-0.4, -0.2) is 58.8 Å². The van der Waals surface area contributed by atoms with Gasteiger partial charge in [-0.15, -0.1) is 0 Å². The average Bonchev–Trinajstić information content (AvgIpc) is 3.37. The van der Waals surface area contributed by atoms with Crippen LogP contribution in [0.4, 0.5) is 0 Å². The molecular formula is C26H33N3O4. The van der Waals surface area contributed by atoms with Gasteiger partial charge in [0.15, 0.2) is 0 Å². The van der Waals surface area contributed by atoms with Gasteiger partial charge < -0.3 is 9.64 Å². The second-order valence-electron chi connectivity index (χ2n) is 10.8. The smallest absolute Gasteiger partial charge is 0.255 e. The molecule has 3 atom stereocenters. The van der Waals surface area contributed by atoms with Crippen LogP contribution in [0.5, 0.6) is 5.75 Å². The van der Waals surface area contributed by atoms with E-state index < -0.39 is 6.04 Å². The Morgan fingerprint density at radius 1 is 1.00 bits per heavy atom. The number of nitrogens with zero attached hydrogens (tertiary/aromatic N) is 2. The maximum Gasteiger partial charge on any atom is 0.255 e. The summed E-state index contributed by atoms with van der Waals surface area (Å²) in [5.41, 5.74) is 2.12. The molecule has 1 aromatic carbocycles. The number of hydrogen-bond donors (Lipinski definition) is 1. The van der Waals surface area contributed by atoms with Crippen LogP contribution in [0.25, 0.3) is 0 Å². The zero-order valence-corrected chi connectivity index (χ0v) is 19.2. The number of rotatable bonds is 4. The van der Waals surface area contributed by atoms with Crippen LogP contribution in [0.2, 0.25) is 0 Å². The summed E-state index contributed by atoms with van der Waals surface area (Å²) in [5, 5.41) is 2.36. The molecule has 2 saturated carbocycles. The van der Waals surface area contributed by atoms with Crippen molar-refractivity contribution in [1.29, 1.82) is 0 Å². The third-order valence-electron chi connectivity index (χ3n) is 8.77. The van der Waals surface area contributed by atoms with Crippen LogP contribution in [-0.2, 0) is 16.1 Å². The summed E-state index contributed by atoms with van der Waals surface area (Å²) < 4.78 is 6.54. The van der Waals surface area contributed by atoms with Crippen molar-refractivity contribution in [3.05, 3.63) is 29.3 Å². The van der Waals surface area contributed by atoms with E-state index in [1.165, 1.54) is 58.0 Å². The minimum Gasteiger partial charge on any atom is -0.489 e. The van der Waals surface area contributed by atoms with Crippen molar-refractivity contribution < 1.29 is 19.1 Å². The van der Waals surface area contributed by atoms with E-state index in [1.54, 1.807) is 4.90 Å². The van der Waals surface area contributed by atoms with Crippen molar-refractivity contribution in [3.63, 3.8) is 0 Å². The second-order valence-corrected chi connectivity index (χ2v) is 10.8. The van der Waals surface area contributed by atoms with Crippen LogP contribution in [0.1, 0.15) is 80.1 Å². The highest BCUT2D eigenvalue weighted by Gasteiger charge is 2.45. The Kier molecular flexibility index (Phi) is 5.20. The van der Waals surface area contributed by atoms with Gasteiger partial charge >= 0.3 is 0 Å². The number of fused-ring (bicyclic) bond motifs is 1. The van der Waals surface area contributed by atoms with Gasteiger partial charge in [-0.3, -0.25) is 24.6 Å². The molecule has 3 heterocycles. The van der Waals surface area contributed by atoms with E-state index in [9.17, 15) is 14.4 Å². The molecule has 0 bridgehead atoms. The summed E-state index contributed by atoms with van der Waals surface area (Å²) in [6.45, 7) is 2.81. The molecule has 4 fully saturated rings. The van der Waals surface area contributed by atoms with E-state index in [1.807, 2.05) is 18.2 Å². The van der Waals surface area contributed by atoms with Crippen LogP contribution in [0.3, 0.4) is 0 Å². The van der Waals surface area contributed by atoms with Crippen LogP contribution in [0, 0.1) is 5.41 Å². The van der Waals surface area contributed by atoms with E-state index in [4.69, 9.17) is 4.74 Å². The lowest BCUT2D eigenvalue weighted by molar-refractivity contribution is -0.136. The number of carbonyl (C=O) groups excluding carboxylic acids is 3. The monoisotopic (exact) mass is 451 g/mol. The first-order chi connectivity index (χ1) is 16.0. The van der Waals surface area contributed by atoms with Gasteiger partial charge in [0.05, 0.1) is 0 Å². The number of benzene rings is 1. The van der Waals surface area contributed by atoms with Crippen molar-refractivity contribution in [2.75, 3.05) is 13.1 Å². The third kappa shape index (κ3) is 3.74. The Morgan fingerprint density at radius 2 is 1.85 bits per heavy atom. The molecule has 33 heavy (non-hydrogen) atoms. The maximum atomic E-state index is 12.9. The van der Waals surface area contributed by atoms with Crippen LogP contribution >= 0.6 is 0 Å². The standard InChI is InChI=1S/C26H33N3O4/c30-23-9-8-21(24(31)27-23)29-15-17-14-18(6-7-19(17)25(29)32)33-22-5-1-4-20(22)28-13-3-12-26(16-28)10-2-11-26/h6-7,14,20-22H,1-5,8-13,15-16H2,(H,27,30,31)/t20-,21?,22-/m0/s1. The molecule has 5 aliphatic rings. The van der Waals surface area contributed by atoms with E-state index in [2.05, 4.69) is 10.2 Å². The van der Waals surface area contributed by atoms with Crippen LogP contribution < -0.4 is 10.1 Å². The number of hydrogen-bond acceptors (Lipinski definition) is 5. The third-order valence-corrected chi connectivity index (χ3v) is 8.77. The minimum atomic E-state index is -0.580. The van der Waals surface area contributed by atoms with Crippen molar-refractivity contribution in [2.45, 2.75) is 88.9 Å². The highest BCUT2D eigenvalue weighted by atomic mass is 16.5. The Labute approximate surface area is 194 Å². The number of ether oxygens (including phenoxy) is 1. The number of likely N-dealkylation sites (tertiary alicyclic amines) is 1. The Hall–Kier alpha value is -2.41. The highest BCUT2D eigenvalue weighted by molar-refractivity contribution is 6.05. The molecule has 7 nitrogen and oxygen atoms in total. The Morgan fingerprint density at radius 3 is 2.64 bits per heavy atom. The van der Waals surface area contributed by atoms with Gasteiger partial charge in [-0.25, -0.2) is 0 Å². The Balaban J connectivity index is 1.14. The first-order valence-electron chi connectivity index (χ1n) is 12.7. The predicted octanol–water partition coefficient (Wildman–Crippen LogP) is 3.01. The number of imide groups is 1. The molecule has 6 rings (SSSR count). The summed E-state index contributed by atoms with van der Waals surface area (Å²) in [6, 6.07) is 5.64. The Bertz CT molecular complexity index is 988. The number of amides is 3. The van der Waals surface area contributed by atoms with Gasteiger partial charge in [-0.05, 0) is 87.1 Å². The maximum absolute atomic E-state index is 12.9. The summed E-state index contributed by atoms with van der Waals surface area (Å²) in [4.78, 5) is 41.0. The van der Waals surface area contributed by atoms with Crippen molar-refractivity contribution >= 4 is 17.7 Å². The molecule has 1 unspecified atom stereocenters. The fourth-order valence-corrected chi connectivity index (χ4v) is 6.87. The highest BCUT2D eigenvalue weighted by Crippen LogP contribution is 2.48. The van der Waals surface area contributed by atoms with E-state index in [0.717, 1.165) is 17.7 Å². The van der Waals surface area contributed by atoms with E-state index in [-0.39, 0.29) is 30.2 Å². The molecule has 1 spiro atoms. The van der Waals surface area contributed by atoms with Gasteiger partial charge in [-0.2, -0.15) is 0 Å². The average molecular weight is 452 g/mol. The van der Waals surface area contributed by atoms with Crippen molar-refractivity contribution in [1.82, 2.24) is 15.1 Å². The van der Waals surface area contributed by atoms with Gasteiger partial charge in [0.2, 0.25) is 11.8 Å². The molecule has 3 aliphatic heterocycles. The first kappa shape index (κ1) is 21.1. The molecule has 7 heteroatoms. The molecule has 2 saturated heterocycles. The molecular weight excluding hydrogens is 418 g/mol. The predicted molar refractivity (Wildman–Crippen MR) is 122 cm³/mol. The molecule has 3 amide bonds. The number of nitrogens with one attached hydrogen (secondary N) is 1. The normalized spacial score (nSPS) is 31.5. The molecule has 176 valence electrons. The second kappa shape index (κ2) is 8.12. The molecule has 2 aliphatic carbocycles.